The van der Waals surface area contributed by atoms with E-state index in [1.165, 1.54) is 0 Å². The molecule has 0 aromatic carbocycles. The Morgan fingerprint density at radius 2 is 1.42 bits per heavy atom. The molecule has 17 heteroatoms. The fourth-order valence-electron chi connectivity index (χ4n) is 4.29. The summed E-state index contributed by atoms with van der Waals surface area (Å²) < 4.78 is 4.77. The molecule has 38 heavy (non-hydrogen) atoms. The number of esters is 1. The number of carboxylic acid groups (broad SMARTS) is 3. The van der Waals surface area contributed by atoms with Gasteiger partial charge in [0.05, 0.1) is 32.3 Å². The topological polar surface area (TPSA) is 274 Å². The summed E-state index contributed by atoms with van der Waals surface area (Å²) in [5.74, 6) is -9.13. The first-order valence-corrected chi connectivity index (χ1v) is 11.2. The first-order valence-electron chi connectivity index (χ1n) is 11.2. The van der Waals surface area contributed by atoms with Gasteiger partial charge in [-0.05, 0) is 12.8 Å². The number of hydrogen-bond acceptors (Lipinski definition) is 12. The van der Waals surface area contributed by atoms with E-state index >= 15 is 0 Å². The lowest BCUT2D eigenvalue weighted by atomic mass is 9.98. The Bertz CT molecular complexity index is 997. The van der Waals surface area contributed by atoms with Crippen molar-refractivity contribution in [2.75, 3.05) is 13.2 Å². The van der Waals surface area contributed by atoms with Gasteiger partial charge in [0.2, 0.25) is 11.8 Å². The highest BCUT2D eigenvalue weighted by atomic mass is 16.5. The third-order valence-corrected chi connectivity index (χ3v) is 6.00. The molecule has 0 bridgehead atoms. The van der Waals surface area contributed by atoms with Gasteiger partial charge in [0, 0.05) is 13.0 Å². The number of amides is 4. The number of ether oxygens (including phenoxy) is 1. The number of aliphatic hydroxyl groups excluding tert-OH is 1. The molecule has 0 saturated carbocycles. The fourth-order valence-corrected chi connectivity index (χ4v) is 4.29. The molecule has 0 radical (unpaired) electrons. The van der Waals surface area contributed by atoms with E-state index in [1.54, 1.807) is 0 Å². The number of imide groups is 2. The number of carboxylic acids is 3. The Morgan fingerprint density at radius 1 is 0.895 bits per heavy atom. The van der Waals surface area contributed by atoms with Crippen LogP contribution in [0, 0.1) is 0 Å². The first-order chi connectivity index (χ1) is 17.6. The van der Waals surface area contributed by atoms with E-state index in [4.69, 9.17) is 25.2 Å². The maximum absolute atomic E-state index is 12.0. The molecule has 3 rings (SSSR count). The SMILES string of the molecule is O=C(O)CC1(O)CC(=O)N(C(CCO)C(=O)O)C1=O.O=C(O)CC1(O)CC(=O)N(C2CCCOC2=O)C1=O. The molecule has 3 fully saturated rings. The van der Waals surface area contributed by atoms with Crippen LogP contribution in [0.3, 0.4) is 0 Å². The van der Waals surface area contributed by atoms with E-state index in [-0.39, 0.29) is 13.0 Å². The molecular weight excluding hydrogens is 520 g/mol. The molecule has 0 aliphatic carbocycles. The van der Waals surface area contributed by atoms with E-state index in [2.05, 4.69) is 0 Å². The van der Waals surface area contributed by atoms with Gasteiger partial charge in [-0.15, -0.1) is 0 Å². The first kappa shape index (κ1) is 30.3. The van der Waals surface area contributed by atoms with Gasteiger partial charge < -0.3 is 35.4 Å². The number of likely N-dealkylation sites (tertiary alicyclic amines) is 2. The number of hydrogen-bond donors (Lipinski definition) is 6. The van der Waals surface area contributed by atoms with Crippen LogP contribution in [0.5, 0.6) is 0 Å². The van der Waals surface area contributed by atoms with Crippen molar-refractivity contribution in [3.63, 3.8) is 0 Å². The molecule has 17 nitrogen and oxygen atoms in total. The molecule has 4 atom stereocenters. The summed E-state index contributed by atoms with van der Waals surface area (Å²) in [5, 5.41) is 54.6. The smallest absolute Gasteiger partial charge is 0.329 e. The monoisotopic (exact) mass is 546 g/mol. The lowest BCUT2D eigenvalue weighted by molar-refractivity contribution is -0.165. The number of rotatable bonds is 9. The van der Waals surface area contributed by atoms with Crippen molar-refractivity contribution in [2.45, 2.75) is 68.2 Å². The number of carbonyl (C=O) groups is 8. The third kappa shape index (κ3) is 6.29. The normalized spacial score (nSPS) is 28.1. The summed E-state index contributed by atoms with van der Waals surface area (Å²) in [6.07, 6.45) is -2.88. The molecule has 3 aliphatic heterocycles. The number of aliphatic hydroxyl groups is 3. The average molecular weight is 546 g/mol. The Morgan fingerprint density at radius 3 is 1.89 bits per heavy atom. The summed E-state index contributed by atoms with van der Waals surface area (Å²) in [7, 11) is 0. The van der Waals surface area contributed by atoms with Crippen LogP contribution in [0.4, 0.5) is 0 Å². The van der Waals surface area contributed by atoms with Crippen LogP contribution < -0.4 is 0 Å². The van der Waals surface area contributed by atoms with E-state index in [9.17, 15) is 48.6 Å². The average Bonchev–Trinajstić information content (AvgIpc) is 3.13. The molecule has 3 heterocycles. The zero-order valence-corrected chi connectivity index (χ0v) is 19.8. The van der Waals surface area contributed by atoms with E-state index < -0.39 is 110 Å². The molecule has 4 amide bonds. The lowest BCUT2D eigenvalue weighted by Gasteiger charge is -2.28. The van der Waals surface area contributed by atoms with Crippen molar-refractivity contribution >= 4 is 47.5 Å². The van der Waals surface area contributed by atoms with Gasteiger partial charge in [0.15, 0.2) is 11.2 Å². The Hall–Kier alpha value is -3.96. The van der Waals surface area contributed by atoms with Crippen LogP contribution in [0.2, 0.25) is 0 Å². The van der Waals surface area contributed by atoms with Crippen LogP contribution in [0.25, 0.3) is 0 Å². The maximum atomic E-state index is 12.0. The summed E-state index contributed by atoms with van der Waals surface area (Å²) >= 11 is 0. The van der Waals surface area contributed by atoms with E-state index in [0.29, 0.717) is 16.2 Å². The van der Waals surface area contributed by atoms with Crippen molar-refractivity contribution in [2.24, 2.45) is 0 Å². The molecule has 0 aromatic heterocycles. The predicted molar refractivity (Wildman–Crippen MR) is 114 cm³/mol. The quantitative estimate of drug-likeness (QED) is 0.121. The summed E-state index contributed by atoms with van der Waals surface area (Å²) in [6, 6.07) is -2.68. The summed E-state index contributed by atoms with van der Waals surface area (Å²) in [4.78, 5) is 91.8. The maximum Gasteiger partial charge on any atom is 0.329 e. The highest BCUT2D eigenvalue weighted by Crippen LogP contribution is 2.32. The molecule has 3 aliphatic rings. The van der Waals surface area contributed by atoms with Crippen LogP contribution in [-0.2, 0) is 43.1 Å². The van der Waals surface area contributed by atoms with Gasteiger partial charge >= 0.3 is 23.9 Å². The van der Waals surface area contributed by atoms with Crippen LogP contribution in [-0.4, -0.2) is 124 Å². The fraction of sp³-hybridized carbons (Fsp3) is 0.619. The lowest BCUT2D eigenvalue weighted by Crippen LogP contribution is -2.51. The van der Waals surface area contributed by atoms with Crippen molar-refractivity contribution in [1.82, 2.24) is 9.80 Å². The minimum atomic E-state index is -2.42. The molecule has 3 saturated heterocycles. The Kier molecular flexibility index (Phi) is 9.25. The molecular formula is C21H26N2O15. The minimum Gasteiger partial charge on any atom is -0.481 e. The van der Waals surface area contributed by atoms with Gasteiger partial charge in [-0.25, -0.2) is 9.59 Å². The van der Waals surface area contributed by atoms with E-state index in [1.807, 2.05) is 0 Å². The zero-order valence-electron chi connectivity index (χ0n) is 19.8. The minimum absolute atomic E-state index is 0.227. The van der Waals surface area contributed by atoms with Crippen LogP contribution in [0.15, 0.2) is 0 Å². The highest BCUT2D eigenvalue weighted by molar-refractivity contribution is 6.11. The molecule has 0 aromatic rings. The summed E-state index contributed by atoms with van der Waals surface area (Å²) in [5.41, 5.74) is -4.69. The van der Waals surface area contributed by atoms with Gasteiger partial charge in [-0.3, -0.25) is 38.6 Å². The van der Waals surface area contributed by atoms with Gasteiger partial charge in [-0.2, -0.15) is 0 Å². The predicted octanol–water partition coefficient (Wildman–Crippen LogP) is -3.56. The number of aliphatic carboxylic acids is 3. The second-order valence-corrected chi connectivity index (χ2v) is 8.89. The second kappa shape index (κ2) is 11.6. The highest BCUT2D eigenvalue weighted by Gasteiger charge is 2.56. The number of carbonyl (C=O) groups excluding carboxylic acids is 5. The van der Waals surface area contributed by atoms with Gasteiger partial charge in [-0.1, -0.05) is 0 Å². The van der Waals surface area contributed by atoms with Crippen LogP contribution in [0.1, 0.15) is 44.9 Å². The van der Waals surface area contributed by atoms with Crippen molar-refractivity contribution < 1.29 is 73.7 Å². The van der Waals surface area contributed by atoms with Crippen molar-refractivity contribution in [1.29, 1.82) is 0 Å². The van der Waals surface area contributed by atoms with Crippen molar-refractivity contribution in [3.05, 3.63) is 0 Å². The van der Waals surface area contributed by atoms with Gasteiger partial charge in [0.25, 0.3) is 11.8 Å². The van der Waals surface area contributed by atoms with E-state index in [0.717, 1.165) is 0 Å². The van der Waals surface area contributed by atoms with Gasteiger partial charge in [0.1, 0.15) is 12.1 Å². The Balaban J connectivity index is 0.000000267. The third-order valence-electron chi connectivity index (χ3n) is 6.00. The number of cyclic esters (lactones) is 1. The van der Waals surface area contributed by atoms with Crippen LogP contribution >= 0.6 is 0 Å². The molecule has 6 N–H and O–H groups in total. The Labute approximate surface area is 213 Å². The van der Waals surface area contributed by atoms with Crippen molar-refractivity contribution in [3.8, 4) is 0 Å². The molecule has 210 valence electrons. The molecule has 0 spiro atoms. The summed E-state index contributed by atoms with van der Waals surface area (Å²) in [6.45, 7) is -0.351. The second-order valence-electron chi connectivity index (χ2n) is 8.89. The largest absolute Gasteiger partial charge is 0.481 e. The number of nitrogens with zero attached hydrogens (tertiary/aromatic N) is 2. The zero-order chi connectivity index (χ0) is 29.0. The standard InChI is InChI=1S/C11H13NO7.C10H13NO8/c13-7-4-11(18,5-8(14)15)10(17)12(7)6-2-1-3-19-9(6)16;12-2-1-5(8(16)17)11-6(13)3-10(19,9(11)18)4-7(14)15/h6,18H,1-5H2,(H,14,15);5,12,19H,1-4H2,(H,14,15)(H,16,17). The molecule has 4 unspecified atom stereocenters.